The maximum absolute atomic E-state index is 13.4. The lowest BCUT2D eigenvalue weighted by molar-refractivity contribution is -0.126. The van der Waals surface area contributed by atoms with Crippen LogP contribution in [0.2, 0.25) is 0 Å². The topological polar surface area (TPSA) is 59.8 Å². The number of carbonyl (C=O) groups excluding carboxylic acids is 1. The fraction of sp³-hybridized carbons (Fsp3) is 0.280. The Morgan fingerprint density at radius 2 is 1.94 bits per heavy atom. The molecule has 158 valence electrons. The summed E-state index contributed by atoms with van der Waals surface area (Å²) in [6, 6.07) is 15.4. The summed E-state index contributed by atoms with van der Waals surface area (Å²) in [4.78, 5) is 26.7. The summed E-state index contributed by atoms with van der Waals surface area (Å²) < 4.78 is 8.25. The van der Waals surface area contributed by atoms with Crippen LogP contribution in [0.5, 0.6) is 0 Å². The van der Waals surface area contributed by atoms with E-state index < -0.39 is 0 Å². The minimum atomic E-state index is -0.187. The molecule has 5 nitrogen and oxygen atoms in total. The van der Waals surface area contributed by atoms with Gasteiger partial charge in [0, 0.05) is 18.9 Å². The number of nitrogens with one attached hydrogen (secondary N) is 1. The second-order valence-corrected chi connectivity index (χ2v) is 8.95. The first kappa shape index (κ1) is 20.0. The number of hydrogen-bond donors (Lipinski definition) is 1. The molecule has 0 saturated heterocycles. The normalized spacial score (nSPS) is 19.0. The van der Waals surface area contributed by atoms with Gasteiger partial charge in [-0.3, -0.25) is 14.0 Å². The zero-order valence-electron chi connectivity index (χ0n) is 17.3. The standard InChI is InChI=1S/C25H24N2O3S/c1-30-21-10-6-5-9-18(21)24(28)26-20-15-19(16-7-3-2-4-8-16)25(29)27-13-11-17-12-14-31-23(17)22(20)27/h2-4,7-8,11-15,18,21H,5-6,9-10H2,1H3,(H,26,28). The van der Waals surface area contributed by atoms with E-state index in [1.165, 1.54) is 0 Å². The molecule has 2 atom stereocenters. The zero-order valence-corrected chi connectivity index (χ0v) is 18.2. The SMILES string of the molecule is COC1CCCCC1C(=O)Nc1cc(-c2ccccc2)c(=O)n2ccc3ccsc3c12. The van der Waals surface area contributed by atoms with Crippen molar-refractivity contribution in [2.24, 2.45) is 5.92 Å². The molecule has 0 radical (unpaired) electrons. The number of aromatic nitrogens is 1. The van der Waals surface area contributed by atoms with Crippen molar-refractivity contribution in [3.05, 3.63) is 70.5 Å². The van der Waals surface area contributed by atoms with Gasteiger partial charge in [0.05, 0.1) is 27.9 Å². The first-order valence-electron chi connectivity index (χ1n) is 10.6. The molecular weight excluding hydrogens is 408 g/mol. The van der Waals surface area contributed by atoms with Gasteiger partial charge in [0.1, 0.15) is 0 Å². The number of nitrogens with zero attached hydrogens (tertiary/aromatic N) is 1. The van der Waals surface area contributed by atoms with E-state index in [4.69, 9.17) is 4.74 Å². The van der Waals surface area contributed by atoms with E-state index in [-0.39, 0.29) is 23.5 Å². The van der Waals surface area contributed by atoms with Crippen LogP contribution in [0, 0.1) is 5.92 Å². The van der Waals surface area contributed by atoms with Crippen molar-refractivity contribution in [1.82, 2.24) is 4.40 Å². The van der Waals surface area contributed by atoms with Gasteiger partial charge in [-0.1, -0.05) is 43.2 Å². The van der Waals surface area contributed by atoms with E-state index in [0.29, 0.717) is 11.3 Å². The largest absolute Gasteiger partial charge is 0.381 e. The van der Waals surface area contributed by atoms with Crippen LogP contribution in [0.4, 0.5) is 5.69 Å². The highest BCUT2D eigenvalue weighted by Crippen LogP contribution is 2.33. The second-order valence-electron chi connectivity index (χ2n) is 8.04. The molecule has 6 heteroatoms. The number of fused-ring (bicyclic) bond motifs is 3. The number of anilines is 1. The molecular formula is C25H24N2O3S. The van der Waals surface area contributed by atoms with Gasteiger partial charge in [-0.05, 0) is 47.4 Å². The zero-order chi connectivity index (χ0) is 21.4. The molecule has 1 amide bonds. The Kier molecular flexibility index (Phi) is 5.34. The van der Waals surface area contributed by atoms with Crippen molar-refractivity contribution in [2.45, 2.75) is 31.8 Å². The number of thiophene rings is 1. The minimum Gasteiger partial charge on any atom is -0.381 e. The predicted molar refractivity (Wildman–Crippen MR) is 126 cm³/mol. The number of amides is 1. The third-order valence-electron chi connectivity index (χ3n) is 6.23. The van der Waals surface area contributed by atoms with E-state index in [9.17, 15) is 9.59 Å². The highest BCUT2D eigenvalue weighted by molar-refractivity contribution is 7.18. The van der Waals surface area contributed by atoms with Crippen LogP contribution in [0.25, 0.3) is 26.7 Å². The maximum Gasteiger partial charge on any atom is 0.263 e. The van der Waals surface area contributed by atoms with E-state index in [1.54, 1.807) is 29.0 Å². The Labute approximate surface area is 184 Å². The predicted octanol–water partition coefficient (Wildman–Crippen LogP) is 5.32. The maximum atomic E-state index is 13.4. The molecule has 1 N–H and O–H groups in total. The molecule has 4 aromatic rings. The highest BCUT2D eigenvalue weighted by Gasteiger charge is 2.31. The number of rotatable bonds is 4. The first-order valence-corrected chi connectivity index (χ1v) is 11.5. The van der Waals surface area contributed by atoms with Crippen molar-refractivity contribution in [3.63, 3.8) is 0 Å². The Bertz CT molecular complexity index is 1310. The molecule has 1 saturated carbocycles. The summed E-state index contributed by atoms with van der Waals surface area (Å²) in [5.74, 6) is -0.229. The molecule has 1 aliphatic carbocycles. The van der Waals surface area contributed by atoms with E-state index in [2.05, 4.69) is 5.32 Å². The quantitative estimate of drug-likeness (QED) is 0.474. The van der Waals surface area contributed by atoms with Crippen molar-refractivity contribution in [1.29, 1.82) is 0 Å². The number of pyridine rings is 2. The molecule has 5 rings (SSSR count). The average molecular weight is 433 g/mol. The summed E-state index contributed by atoms with van der Waals surface area (Å²) in [6.07, 6.45) is 5.55. The molecule has 31 heavy (non-hydrogen) atoms. The monoisotopic (exact) mass is 432 g/mol. The number of benzene rings is 1. The molecule has 1 fully saturated rings. The van der Waals surface area contributed by atoms with Crippen molar-refractivity contribution >= 4 is 38.5 Å². The molecule has 1 aliphatic rings. The number of hydrogen-bond acceptors (Lipinski definition) is 4. The van der Waals surface area contributed by atoms with Gasteiger partial charge in [-0.2, -0.15) is 0 Å². The minimum absolute atomic E-state index is 0.0420. The van der Waals surface area contributed by atoms with Gasteiger partial charge < -0.3 is 10.1 Å². The summed E-state index contributed by atoms with van der Waals surface area (Å²) in [5, 5.41) is 6.23. The lowest BCUT2D eigenvalue weighted by Crippen LogP contribution is -2.36. The number of ether oxygens (including phenoxy) is 1. The molecule has 3 aromatic heterocycles. The lowest BCUT2D eigenvalue weighted by Gasteiger charge is -2.29. The third-order valence-corrected chi connectivity index (χ3v) is 7.17. The Morgan fingerprint density at radius 3 is 2.74 bits per heavy atom. The Balaban J connectivity index is 1.68. The number of methoxy groups -OCH3 is 1. The molecule has 0 bridgehead atoms. The lowest BCUT2D eigenvalue weighted by atomic mass is 9.85. The highest BCUT2D eigenvalue weighted by atomic mass is 32.1. The van der Waals surface area contributed by atoms with Gasteiger partial charge in [0.25, 0.3) is 5.56 Å². The molecule has 1 aromatic carbocycles. The summed E-state index contributed by atoms with van der Waals surface area (Å²) in [5.41, 5.74) is 2.71. The van der Waals surface area contributed by atoms with Crippen LogP contribution in [0.15, 0.2) is 64.9 Å². The summed E-state index contributed by atoms with van der Waals surface area (Å²) >= 11 is 1.57. The first-order chi connectivity index (χ1) is 15.2. The van der Waals surface area contributed by atoms with Crippen molar-refractivity contribution < 1.29 is 9.53 Å². The van der Waals surface area contributed by atoms with Gasteiger partial charge in [-0.15, -0.1) is 11.3 Å². The van der Waals surface area contributed by atoms with Gasteiger partial charge in [0.15, 0.2) is 0 Å². The Hall–Kier alpha value is -2.96. The fourth-order valence-electron chi connectivity index (χ4n) is 4.63. The van der Waals surface area contributed by atoms with Crippen LogP contribution >= 0.6 is 11.3 Å². The Morgan fingerprint density at radius 1 is 1.13 bits per heavy atom. The van der Waals surface area contributed by atoms with Gasteiger partial charge >= 0.3 is 0 Å². The average Bonchev–Trinajstić information content (AvgIpc) is 3.30. The molecule has 2 unspecified atom stereocenters. The fourth-order valence-corrected chi connectivity index (χ4v) is 5.57. The summed E-state index contributed by atoms with van der Waals surface area (Å²) in [6.45, 7) is 0. The van der Waals surface area contributed by atoms with Crippen molar-refractivity contribution in [2.75, 3.05) is 12.4 Å². The van der Waals surface area contributed by atoms with E-state index in [1.807, 2.05) is 53.9 Å². The van der Waals surface area contributed by atoms with Crippen LogP contribution in [-0.2, 0) is 9.53 Å². The smallest absolute Gasteiger partial charge is 0.263 e. The van der Waals surface area contributed by atoms with Crippen molar-refractivity contribution in [3.8, 4) is 11.1 Å². The van der Waals surface area contributed by atoms with Crippen LogP contribution < -0.4 is 10.9 Å². The van der Waals surface area contributed by atoms with Gasteiger partial charge in [0.2, 0.25) is 5.91 Å². The van der Waals surface area contributed by atoms with Crippen LogP contribution in [0.3, 0.4) is 0 Å². The van der Waals surface area contributed by atoms with Gasteiger partial charge in [-0.25, -0.2) is 0 Å². The molecule has 0 spiro atoms. The van der Waals surface area contributed by atoms with E-state index >= 15 is 0 Å². The molecule has 3 heterocycles. The molecule has 0 aliphatic heterocycles. The van der Waals surface area contributed by atoms with Crippen LogP contribution in [0.1, 0.15) is 25.7 Å². The summed E-state index contributed by atoms with van der Waals surface area (Å²) in [7, 11) is 1.68. The third kappa shape index (κ3) is 3.56. The second kappa shape index (κ2) is 8.29. The van der Waals surface area contributed by atoms with E-state index in [0.717, 1.165) is 46.8 Å². The van der Waals surface area contributed by atoms with Crippen LogP contribution in [-0.4, -0.2) is 23.5 Å². The number of carbonyl (C=O) groups is 1.